The van der Waals surface area contributed by atoms with Crippen LogP contribution >= 0.6 is 0 Å². The van der Waals surface area contributed by atoms with Crippen molar-refractivity contribution < 1.29 is 4.74 Å². The van der Waals surface area contributed by atoms with Crippen molar-refractivity contribution in [1.29, 1.82) is 0 Å². The molecule has 0 aromatic heterocycles. The summed E-state index contributed by atoms with van der Waals surface area (Å²) >= 11 is 0. The molecule has 1 heterocycles. The van der Waals surface area contributed by atoms with Crippen LogP contribution < -0.4 is 9.64 Å². The predicted octanol–water partition coefficient (Wildman–Crippen LogP) is 10.5. The van der Waals surface area contributed by atoms with Gasteiger partial charge in [-0.2, -0.15) is 0 Å². The van der Waals surface area contributed by atoms with Gasteiger partial charge < -0.3 is 9.64 Å². The van der Waals surface area contributed by atoms with Gasteiger partial charge in [0.15, 0.2) is 11.5 Å². The number of nitrogens with zero attached hydrogens (tertiary/aromatic N) is 1. The van der Waals surface area contributed by atoms with Crippen molar-refractivity contribution in [3.63, 3.8) is 0 Å². The number of anilines is 2. The van der Waals surface area contributed by atoms with Crippen molar-refractivity contribution >= 4 is 22.1 Å². The number of hydrogen-bond acceptors (Lipinski definition) is 2. The monoisotopic (exact) mass is 529 g/mol. The van der Waals surface area contributed by atoms with Gasteiger partial charge in [0.1, 0.15) is 0 Å². The molecule has 4 aromatic rings. The minimum atomic E-state index is 0.142. The Balaban J connectivity index is 1.47. The zero-order valence-corrected chi connectivity index (χ0v) is 25.1. The third-order valence-electron chi connectivity index (χ3n) is 8.73. The largest absolute Gasteiger partial charge is 0.453 e. The molecule has 1 unspecified atom stereocenters. The molecule has 0 fully saturated rings. The summed E-state index contributed by atoms with van der Waals surface area (Å²) in [6.07, 6.45) is 10.1. The van der Waals surface area contributed by atoms with Gasteiger partial charge in [0.2, 0.25) is 0 Å². The van der Waals surface area contributed by atoms with E-state index in [9.17, 15) is 0 Å². The van der Waals surface area contributed by atoms with Crippen molar-refractivity contribution in [2.24, 2.45) is 10.8 Å². The third-order valence-corrected chi connectivity index (χ3v) is 8.73. The Hall–Kier alpha value is -3.70. The fourth-order valence-electron chi connectivity index (χ4n) is 5.79. The number of terminal acetylenes is 1. The minimum absolute atomic E-state index is 0.142. The van der Waals surface area contributed by atoms with Gasteiger partial charge >= 0.3 is 0 Å². The highest BCUT2D eigenvalue weighted by Gasteiger charge is 2.31. The molecule has 1 aliphatic heterocycles. The van der Waals surface area contributed by atoms with Gasteiger partial charge in [-0.3, -0.25) is 0 Å². The van der Waals surface area contributed by atoms with Crippen LogP contribution in [0.25, 0.3) is 10.8 Å². The third kappa shape index (κ3) is 5.90. The molecular weight excluding hydrogens is 486 g/mol. The maximum absolute atomic E-state index is 6.50. The van der Waals surface area contributed by atoms with Crippen molar-refractivity contribution in [2.45, 2.75) is 73.1 Å². The lowest BCUT2D eigenvalue weighted by molar-refractivity contribution is 0.271. The van der Waals surface area contributed by atoms with Crippen LogP contribution in [-0.4, -0.2) is 6.54 Å². The minimum Gasteiger partial charge on any atom is -0.453 e. The van der Waals surface area contributed by atoms with E-state index in [0.29, 0.717) is 17.9 Å². The van der Waals surface area contributed by atoms with Gasteiger partial charge in [-0.05, 0) is 87.7 Å². The lowest BCUT2D eigenvalue weighted by atomic mass is 9.70. The number of benzene rings is 4. The number of fused-ring (bicyclic) bond motifs is 3. The highest BCUT2D eigenvalue weighted by atomic mass is 16.5. The van der Waals surface area contributed by atoms with E-state index in [0.717, 1.165) is 48.6 Å². The summed E-state index contributed by atoms with van der Waals surface area (Å²) < 4.78 is 6.50. The van der Waals surface area contributed by atoms with Crippen molar-refractivity contribution in [3.8, 4) is 23.8 Å². The Morgan fingerprint density at radius 1 is 0.800 bits per heavy atom. The average molecular weight is 530 g/mol. The first-order chi connectivity index (χ1) is 19.1. The quantitative estimate of drug-likeness (QED) is 0.210. The molecule has 0 radical (unpaired) electrons. The molecule has 0 spiro atoms. The molecule has 2 nitrogen and oxygen atoms in total. The van der Waals surface area contributed by atoms with Crippen LogP contribution in [0.1, 0.15) is 77.0 Å². The van der Waals surface area contributed by atoms with Crippen LogP contribution in [0, 0.1) is 23.2 Å². The summed E-state index contributed by atoms with van der Waals surface area (Å²) in [6.45, 7) is 14.5. The van der Waals surface area contributed by atoms with Gasteiger partial charge in [0, 0.05) is 0 Å². The predicted molar refractivity (Wildman–Crippen MR) is 171 cm³/mol. The summed E-state index contributed by atoms with van der Waals surface area (Å²) in [6, 6.07) is 28.9. The van der Waals surface area contributed by atoms with Gasteiger partial charge in [-0.1, -0.05) is 108 Å². The topological polar surface area (TPSA) is 12.5 Å². The van der Waals surface area contributed by atoms with E-state index in [1.54, 1.807) is 0 Å². The number of hydrogen-bond donors (Lipinski definition) is 0. The number of aryl methyl sites for hydroxylation is 1. The second-order valence-corrected chi connectivity index (χ2v) is 13.3. The molecule has 0 N–H and O–H groups in total. The second kappa shape index (κ2) is 11.1. The molecule has 0 saturated heterocycles. The Bertz CT molecular complexity index is 1550. The first-order valence-electron chi connectivity index (χ1n) is 14.7. The van der Waals surface area contributed by atoms with Crippen LogP contribution in [-0.2, 0) is 12.8 Å². The summed E-state index contributed by atoms with van der Waals surface area (Å²) in [4.78, 5) is 2.24. The van der Waals surface area contributed by atoms with Crippen molar-refractivity contribution in [1.82, 2.24) is 0 Å². The van der Waals surface area contributed by atoms with Gasteiger partial charge in [0.05, 0.1) is 17.9 Å². The molecule has 1 atom stereocenters. The van der Waals surface area contributed by atoms with Gasteiger partial charge in [-0.15, -0.1) is 6.42 Å². The SMILES string of the molecule is C#CCN1c2ccc(CCC(C)(C)C)cc2Oc2ccc(CC(c3ccc4ccccc4c3)C(C)(C)CC)cc21. The van der Waals surface area contributed by atoms with E-state index in [1.807, 2.05) is 0 Å². The van der Waals surface area contributed by atoms with E-state index >= 15 is 0 Å². The van der Waals surface area contributed by atoms with Crippen LogP contribution in [0.15, 0.2) is 78.9 Å². The second-order valence-electron chi connectivity index (χ2n) is 13.3. The molecule has 2 heteroatoms. The van der Waals surface area contributed by atoms with E-state index in [1.165, 1.54) is 27.5 Å². The lowest BCUT2D eigenvalue weighted by Crippen LogP contribution is -2.24. The van der Waals surface area contributed by atoms with Crippen LogP contribution in [0.4, 0.5) is 11.4 Å². The van der Waals surface area contributed by atoms with Gasteiger partial charge in [-0.25, -0.2) is 0 Å². The molecule has 206 valence electrons. The summed E-state index contributed by atoms with van der Waals surface area (Å²) in [7, 11) is 0. The zero-order valence-electron chi connectivity index (χ0n) is 25.1. The van der Waals surface area contributed by atoms with Crippen molar-refractivity contribution in [2.75, 3.05) is 11.4 Å². The molecule has 4 aromatic carbocycles. The highest BCUT2D eigenvalue weighted by Crippen LogP contribution is 2.48. The molecule has 40 heavy (non-hydrogen) atoms. The first kappa shape index (κ1) is 27.9. The van der Waals surface area contributed by atoms with Gasteiger partial charge in [0.25, 0.3) is 0 Å². The molecule has 0 aliphatic carbocycles. The van der Waals surface area contributed by atoms with Crippen LogP contribution in [0.5, 0.6) is 11.5 Å². The maximum atomic E-state index is 6.50. The number of ether oxygens (including phenoxy) is 1. The maximum Gasteiger partial charge on any atom is 0.151 e. The Kier molecular flexibility index (Phi) is 7.70. The average Bonchev–Trinajstić information content (AvgIpc) is 2.94. The molecule has 1 aliphatic rings. The molecule has 0 amide bonds. The number of rotatable bonds is 8. The van der Waals surface area contributed by atoms with E-state index < -0.39 is 0 Å². The molecular formula is C38H43NO. The summed E-state index contributed by atoms with van der Waals surface area (Å²) in [5.41, 5.74) is 6.53. The standard InChI is InChI=1S/C38H43NO/c1-8-22-39-33-18-14-27(20-21-37(3,4)5)25-36(33)40-35-19-15-28(24-34(35)39)23-32(38(6,7)9-2)31-17-16-29-12-10-11-13-30(29)26-31/h1,10-19,24-26,32H,9,20-23H2,2-7H3. The molecule has 5 rings (SSSR count). The highest BCUT2D eigenvalue weighted by molar-refractivity contribution is 5.83. The van der Waals surface area contributed by atoms with E-state index in [-0.39, 0.29) is 5.41 Å². The van der Waals surface area contributed by atoms with Crippen LogP contribution in [0.3, 0.4) is 0 Å². The molecule has 0 saturated carbocycles. The Morgan fingerprint density at radius 3 is 2.27 bits per heavy atom. The summed E-state index contributed by atoms with van der Waals surface area (Å²) in [5.74, 6) is 5.03. The zero-order chi connectivity index (χ0) is 28.5. The smallest absolute Gasteiger partial charge is 0.151 e. The van der Waals surface area contributed by atoms with E-state index in [4.69, 9.17) is 11.2 Å². The fraction of sp³-hybridized carbons (Fsp3) is 0.368. The van der Waals surface area contributed by atoms with Crippen molar-refractivity contribution in [3.05, 3.63) is 95.6 Å². The van der Waals surface area contributed by atoms with Crippen LogP contribution in [0.2, 0.25) is 0 Å². The fourth-order valence-corrected chi connectivity index (χ4v) is 5.79. The Labute approximate surface area is 241 Å². The normalized spacial score (nSPS) is 13.8. The first-order valence-corrected chi connectivity index (χ1v) is 14.7. The summed E-state index contributed by atoms with van der Waals surface area (Å²) in [5, 5.41) is 2.59. The lowest BCUT2D eigenvalue weighted by Gasteiger charge is -2.35. The van der Waals surface area contributed by atoms with E-state index in [2.05, 4.69) is 131 Å². The Morgan fingerprint density at radius 2 is 1.55 bits per heavy atom. The molecule has 0 bridgehead atoms.